The second-order valence-corrected chi connectivity index (χ2v) is 4.16. The molecule has 0 aromatic carbocycles. The number of aliphatic hydroxyl groups is 1. The molecule has 0 bridgehead atoms. The molecule has 2 N–H and O–H groups in total. The Hall–Kier alpha value is -0.120. The van der Waals surface area contributed by atoms with Crippen molar-refractivity contribution in [1.82, 2.24) is 5.32 Å². The summed E-state index contributed by atoms with van der Waals surface area (Å²) in [6.07, 6.45) is 1.34. The van der Waals surface area contributed by atoms with Crippen LogP contribution in [0.15, 0.2) is 0 Å². The fourth-order valence-corrected chi connectivity index (χ4v) is 1.38. The first-order chi connectivity index (χ1) is 5.49. The molecule has 1 aliphatic heterocycles. The van der Waals surface area contributed by atoms with E-state index in [4.69, 9.17) is 4.74 Å². The summed E-state index contributed by atoms with van der Waals surface area (Å²) >= 11 is 0. The summed E-state index contributed by atoms with van der Waals surface area (Å²) in [5.41, 5.74) is -0.623. The van der Waals surface area contributed by atoms with E-state index in [1.807, 2.05) is 0 Å². The minimum Gasteiger partial charge on any atom is -0.389 e. The predicted molar refractivity (Wildman–Crippen MR) is 48.1 cm³/mol. The maximum Gasteiger partial charge on any atom is 0.0715 e. The van der Waals surface area contributed by atoms with Gasteiger partial charge in [0.25, 0.3) is 0 Å². The molecular formula is C9H19NO2. The summed E-state index contributed by atoms with van der Waals surface area (Å²) in [6.45, 7) is 7.14. The smallest absolute Gasteiger partial charge is 0.0715 e. The molecule has 3 heteroatoms. The van der Waals surface area contributed by atoms with Crippen molar-refractivity contribution in [2.75, 3.05) is 13.2 Å². The van der Waals surface area contributed by atoms with Crippen LogP contribution in [0.1, 0.15) is 27.2 Å². The van der Waals surface area contributed by atoms with E-state index in [1.165, 1.54) is 0 Å². The highest BCUT2D eigenvalue weighted by Crippen LogP contribution is 2.13. The Balaban J connectivity index is 2.23. The lowest BCUT2D eigenvalue weighted by molar-refractivity contribution is 0.0679. The molecular weight excluding hydrogens is 154 g/mol. The van der Waals surface area contributed by atoms with E-state index in [0.29, 0.717) is 12.6 Å². The van der Waals surface area contributed by atoms with E-state index >= 15 is 0 Å². The van der Waals surface area contributed by atoms with Gasteiger partial charge in [-0.25, -0.2) is 0 Å². The van der Waals surface area contributed by atoms with Crippen molar-refractivity contribution in [3.05, 3.63) is 0 Å². The Morgan fingerprint density at radius 2 is 2.25 bits per heavy atom. The Morgan fingerprint density at radius 1 is 1.58 bits per heavy atom. The van der Waals surface area contributed by atoms with E-state index in [-0.39, 0.29) is 6.10 Å². The van der Waals surface area contributed by atoms with Crippen LogP contribution in [0.25, 0.3) is 0 Å². The lowest BCUT2D eigenvalue weighted by Crippen LogP contribution is -2.43. The van der Waals surface area contributed by atoms with E-state index in [9.17, 15) is 5.11 Å². The van der Waals surface area contributed by atoms with Gasteiger partial charge in [-0.2, -0.15) is 0 Å². The van der Waals surface area contributed by atoms with E-state index < -0.39 is 5.60 Å². The highest BCUT2D eigenvalue weighted by molar-refractivity contribution is 4.81. The zero-order valence-corrected chi connectivity index (χ0v) is 8.13. The first-order valence-electron chi connectivity index (χ1n) is 4.56. The minimum atomic E-state index is -0.623. The fraction of sp³-hybridized carbons (Fsp3) is 1.00. The van der Waals surface area contributed by atoms with Crippen LogP contribution in [-0.4, -0.2) is 36.0 Å². The van der Waals surface area contributed by atoms with Crippen LogP contribution in [-0.2, 0) is 4.74 Å². The first kappa shape index (κ1) is 9.96. The minimum absolute atomic E-state index is 0.285. The summed E-state index contributed by atoms with van der Waals surface area (Å²) in [6, 6.07) is 0.413. The average Bonchev–Trinajstić information content (AvgIpc) is 2.29. The second kappa shape index (κ2) is 3.73. The topological polar surface area (TPSA) is 41.5 Å². The molecule has 72 valence electrons. The number of hydrogen-bond acceptors (Lipinski definition) is 3. The zero-order chi connectivity index (χ0) is 9.19. The molecule has 0 saturated carbocycles. The average molecular weight is 173 g/mol. The van der Waals surface area contributed by atoms with Gasteiger partial charge in [0, 0.05) is 19.2 Å². The maximum atomic E-state index is 9.46. The van der Waals surface area contributed by atoms with Crippen molar-refractivity contribution in [2.45, 2.75) is 44.9 Å². The van der Waals surface area contributed by atoms with Gasteiger partial charge >= 0.3 is 0 Å². The van der Waals surface area contributed by atoms with Crippen LogP contribution >= 0.6 is 0 Å². The number of rotatable bonds is 3. The fourth-order valence-electron chi connectivity index (χ4n) is 1.38. The molecule has 1 saturated heterocycles. The van der Waals surface area contributed by atoms with Gasteiger partial charge in [-0.3, -0.25) is 0 Å². The Labute approximate surface area is 74.1 Å². The molecule has 3 nitrogen and oxygen atoms in total. The van der Waals surface area contributed by atoms with Crippen molar-refractivity contribution in [3.8, 4) is 0 Å². The molecule has 1 heterocycles. The molecule has 0 aromatic rings. The Bertz CT molecular complexity index is 142. The molecule has 2 atom stereocenters. The maximum absolute atomic E-state index is 9.46. The third kappa shape index (κ3) is 3.09. The van der Waals surface area contributed by atoms with E-state index in [1.54, 1.807) is 13.8 Å². The van der Waals surface area contributed by atoms with Crippen molar-refractivity contribution in [2.24, 2.45) is 0 Å². The third-order valence-corrected chi connectivity index (χ3v) is 2.17. The SMILES string of the molecule is CC1OCCC1NCC(C)(C)O. The molecule has 12 heavy (non-hydrogen) atoms. The molecule has 2 unspecified atom stereocenters. The standard InChI is InChI=1S/C9H19NO2/c1-7-8(4-5-12-7)10-6-9(2,3)11/h7-8,10-11H,4-6H2,1-3H3. The van der Waals surface area contributed by atoms with Crippen molar-refractivity contribution >= 4 is 0 Å². The van der Waals surface area contributed by atoms with Crippen LogP contribution in [0.3, 0.4) is 0 Å². The number of hydrogen-bond donors (Lipinski definition) is 2. The second-order valence-electron chi connectivity index (χ2n) is 4.16. The van der Waals surface area contributed by atoms with Crippen LogP contribution < -0.4 is 5.32 Å². The zero-order valence-electron chi connectivity index (χ0n) is 8.13. The highest BCUT2D eigenvalue weighted by Gasteiger charge is 2.25. The summed E-state index contributed by atoms with van der Waals surface area (Å²) in [5, 5.41) is 12.8. The van der Waals surface area contributed by atoms with Crippen molar-refractivity contribution in [3.63, 3.8) is 0 Å². The first-order valence-corrected chi connectivity index (χ1v) is 4.56. The van der Waals surface area contributed by atoms with Crippen LogP contribution in [0.4, 0.5) is 0 Å². The van der Waals surface area contributed by atoms with Gasteiger partial charge in [0.15, 0.2) is 0 Å². The summed E-state index contributed by atoms with van der Waals surface area (Å²) in [7, 11) is 0. The van der Waals surface area contributed by atoms with Gasteiger partial charge < -0.3 is 15.2 Å². The molecule has 1 rings (SSSR count). The summed E-state index contributed by atoms with van der Waals surface area (Å²) in [4.78, 5) is 0. The quantitative estimate of drug-likeness (QED) is 0.654. The van der Waals surface area contributed by atoms with Gasteiger partial charge in [0.05, 0.1) is 11.7 Å². The van der Waals surface area contributed by atoms with Crippen LogP contribution in [0.5, 0.6) is 0 Å². The van der Waals surface area contributed by atoms with Crippen LogP contribution in [0, 0.1) is 0 Å². The van der Waals surface area contributed by atoms with Crippen LogP contribution in [0.2, 0.25) is 0 Å². The molecule has 0 aromatic heterocycles. The molecule has 0 radical (unpaired) electrons. The monoisotopic (exact) mass is 173 g/mol. The number of ether oxygens (including phenoxy) is 1. The van der Waals surface area contributed by atoms with Gasteiger partial charge in [-0.15, -0.1) is 0 Å². The van der Waals surface area contributed by atoms with Gasteiger partial charge in [-0.1, -0.05) is 0 Å². The predicted octanol–water partition coefficient (Wildman–Crippen LogP) is 0.524. The Morgan fingerprint density at radius 3 is 2.67 bits per heavy atom. The van der Waals surface area contributed by atoms with Crippen molar-refractivity contribution < 1.29 is 9.84 Å². The normalized spacial score (nSPS) is 31.0. The lowest BCUT2D eigenvalue weighted by atomic mass is 10.1. The van der Waals surface area contributed by atoms with Gasteiger partial charge in [-0.05, 0) is 27.2 Å². The molecule has 1 fully saturated rings. The van der Waals surface area contributed by atoms with Crippen molar-refractivity contribution in [1.29, 1.82) is 0 Å². The highest BCUT2D eigenvalue weighted by atomic mass is 16.5. The molecule has 0 aliphatic carbocycles. The lowest BCUT2D eigenvalue weighted by Gasteiger charge is -2.22. The number of nitrogens with one attached hydrogen (secondary N) is 1. The molecule has 0 spiro atoms. The Kier molecular flexibility index (Phi) is 3.09. The summed E-state index contributed by atoms with van der Waals surface area (Å²) < 4.78 is 5.39. The van der Waals surface area contributed by atoms with E-state index in [2.05, 4.69) is 12.2 Å². The van der Waals surface area contributed by atoms with E-state index in [0.717, 1.165) is 13.0 Å². The summed E-state index contributed by atoms with van der Waals surface area (Å²) in [5.74, 6) is 0. The molecule has 1 aliphatic rings. The third-order valence-electron chi connectivity index (χ3n) is 2.17. The molecule has 0 amide bonds. The largest absolute Gasteiger partial charge is 0.389 e. The van der Waals surface area contributed by atoms with Gasteiger partial charge in [0.1, 0.15) is 0 Å². The van der Waals surface area contributed by atoms with Gasteiger partial charge in [0.2, 0.25) is 0 Å².